The highest BCUT2D eigenvalue weighted by Gasteiger charge is 2.53. The van der Waals surface area contributed by atoms with Gasteiger partial charge >= 0.3 is 0 Å². The number of piperidine rings is 1. The molecule has 2 heterocycles. The fraction of sp³-hybridized carbons (Fsp3) is 0.944. The maximum atomic E-state index is 12.6. The number of carbonyl (C=O) groups is 1. The summed E-state index contributed by atoms with van der Waals surface area (Å²) in [6.45, 7) is 11.2. The SMILES string of the molecule is CC1(C)OC(C)(C)C(CN2CCC3(CCCC3)CC2)C1=O. The second-order valence-electron chi connectivity index (χ2n) is 8.64. The molecule has 1 spiro atoms. The molecule has 0 aromatic heterocycles. The number of hydrogen-bond donors (Lipinski definition) is 0. The molecule has 1 unspecified atom stereocenters. The van der Waals surface area contributed by atoms with E-state index in [1.54, 1.807) is 0 Å². The molecule has 0 bridgehead atoms. The summed E-state index contributed by atoms with van der Waals surface area (Å²) in [6, 6.07) is 0. The Morgan fingerprint density at radius 1 is 1.05 bits per heavy atom. The molecule has 0 amide bonds. The summed E-state index contributed by atoms with van der Waals surface area (Å²) in [5.41, 5.74) is -0.290. The Bertz CT molecular complexity index is 411. The summed E-state index contributed by atoms with van der Waals surface area (Å²) in [5.74, 6) is 0.304. The van der Waals surface area contributed by atoms with Gasteiger partial charge in [-0.2, -0.15) is 0 Å². The molecule has 0 aromatic carbocycles. The molecule has 120 valence electrons. The van der Waals surface area contributed by atoms with Gasteiger partial charge in [0.15, 0.2) is 5.78 Å². The molecule has 3 heteroatoms. The van der Waals surface area contributed by atoms with E-state index in [2.05, 4.69) is 18.7 Å². The zero-order valence-corrected chi connectivity index (χ0v) is 14.2. The van der Waals surface area contributed by atoms with E-state index in [-0.39, 0.29) is 17.3 Å². The molecule has 3 fully saturated rings. The molecule has 1 saturated carbocycles. The minimum atomic E-state index is -0.614. The second-order valence-corrected chi connectivity index (χ2v) is 8.64. The number of ether oxygens (including phenoxy) is 1. The highest BCUT2D eigenvalue weighted by molar-refractivity contribution is 5.91. The van der Waals surface area contributed by atoms with Crippen molar-refractivity contribution < 1.29 is 9.53 Å². The lowest BCUT2D eigenvalue weighted by atomic mass is 9.76. The van der Waals surface area contributed by atoms with E-state index >= 15 is 0 Å². The lowest BCUT2D eigenvalue weighted by molar-refractivity contribution is -0.132. The van der Waals surface area contributed by atoms with Crippen molar-refractivity contribution in [3.05, 3.63) is 0 Å². The first kappa shape index (κ1) is 15.5. The van der Waals surface area contributed by atoms with Crippen LogP contribution in [0.2, 0.25) is 0 Å². The predicted octanol–water partition coefficient (Wildman–Crippen LogP) is 3.42. The Morgan fingerprint density at radius 2 is 1.62 bits per heavy atom. The van der Waals surface area contributed by atoms with Gasteiger partial charge in [0, 0.05) is 6.54 Å². The smallest absolute Gasteiger partial charge is 0.171 e. The van der Waals surface area contributed by atoms with Crippen molar-refractivity contribution in [2.24, 2.45) is 11.3 Å². The lowest BCUT2D eigenvalue weighted by Gasteiger charge is -2.41. The number of ketones is 1. The zero-order valence-electron chi connectivity index (χ0n) is 14.2. The predicted molar refractivity (Wildman–Crippen MR) is 84.3 cm³/mol. The molecular weight excluding hydrogens is 262 g/mol. The number of likely N-dealkylation sites (tertiary alicyclic amines) is 1. The van der Waals surface area contributed by atoms with Crippen molar-refractivity contribution in [1.82, 2.24) is 4.90 Å². The molecule has 0 N–H and O–H groups in total. The van der Waals surface area contributed by atoms with E-state index in [1.165, 1.54) is 51.6 Å². The van der Waals surface area contributed by atoms with Crippen LogP contribution in [0.4, 0.5) is 0 Å². The van der Waals surface area contributed by atoms with Crippen molar-refractivity contribution in [2.75, 3.05) is 19.6 Å². The van der Waals surface area contributed by atoms with Crippen LogP contribution in [0, 0.1) is 11.3 Å². The van der Waals surface area contributed by atoms with Crippen LogP contribution in [0.15, 0.2) is 0 Å². The molecular formula is C18H31NO2. The first-order valence-electron chi connectivity index (χ1n) is 8.71. The molecule has 2 aliphatic heterocycles. The van der Waals surface area contributed by atoms with Crippen LogP contribution >= 0.6 is 0 Å². The first-order valence-corrected chi connectivity index (χ1v) is 8.71. The summed E-state index contributed by atoms with van der Waals surface area (Å²) < 4.78 is 6.02. The van der Waals surface area contributed by atoms with E-state index in [4.69, 9.17) is 4.74 Å². The summed E-state index contributed by atoms with van der Waals surface area (Å²) in [5, 5.41) is 0. The van der Waals surface area contributed by atoms with Gasteiger partial charge in [-0.05, 0) is 71.9 Å². The molecule has 3 rings (SSSR count). The van der Waals surface area contributed by atoms with Crippen molar-refractivity contribution in [3.8, 4) is 0 Å². The Morgan fingerprint density at radius 3 is 2.10 bits per heavy atom. The van der Waals surface area contributed by atoms with Gasteiger partial charge in [0.2, 0.25) is 0 Å². The van der Waals surface area contributed by atoms with Crippen molar-refractivity contribution in [3.63, 3.8) is 0 Å². The summed E-state index contributed by atoms with van der Waals surface area (Å²) in [4.78, 5) is 15.1. The van der Waals surface area contributed by atoms with Gasteiger partial charge in [-0.25, -0.2) is 0 Å². The molecule has 3 nitrogen and oxygen atoms in total. The minimum absolute atomic E-state index is 0.0186. The quantitative estimate of drug-likeness (QED) is 0.781. The summed E-state index contributed by atoms with van der Waals surface area (Å²) >= 11 is 0. The third kappa shape index (κ3) is 2.79. The first-order chi connectivity index (χ1) is 9.74. The number of carbonyl (C=O) groups excluding carboxylic acids is 1. The van der Waals surface area contributed by atoms with Gasteiger partial charge in [0.25, 0.3) is 0 Å². The molecule has 3 aliphatic rings. The topological polar surface area (TPSA) is 29.5 Å². The number of Topliss-reactive ketones (excluding diaryl/α,β-unsaturated/α-hetero) is 1. The zero-order chi connectivity index (χ0) is 15.3. The van der Waals surface area contributed by atoms with E-state index in [1.807, 2.05) is 13.8 Å². The second kappa shape index (κ2) is 5.06. The third-order valence-corrected chi connectivity index (χ3v) is 6.29. The van der Waals surface area contributed by atoms with Crippen LogP contribution in [0.25, 0.3) is 0 Å². The number of rotatable bonds is 2. The Kier molecular flexibility index (Phi) is 3.73. The number of nitrogens with zero attached hydrogens (tertiary/aromatic N) is 1. The fourth-order valence-corrected chi connectivity index (χ4v) is 4.91. The van der Waals surface area contributed by atoms with Gasteiger partial charge in [-0.15, -0.1) is 0 Å². The average Bonchev–Trinajstić information content (AvgIpc) is 2.89. The normalized spacial score (nSPS) is 34.7. The van der Waals surface area contributed by atoms with Crippen LogP contribution in [0.3, 0.4) is 0 Å². The average molecular weight is 293 g/mol. The standard InChI is InChI=1S/C18H31NO2/c1-16(2)14(15(20)17(3,4)21-16)13-19-11-9-18(10-12-19)7-5-6-8-18/h14H,5-13H2,1-4H3. The minimum Gasteiger partial charge on any atom is -0.361 e. The van der Waals surface area contributed by atoms with E-state index < -0.39 is 5.60 Å². The number of hydrogen-bond acceptors (Lipinski definition) is 3. The molecule has 1 aliphatic carbocycles. The van der Waals surface area contributed by atoms with Gasteiger partial charge in [-0.3, -0.25) is 4.79 Å². The Labute approximate surface area is 129 Å². The van der Waals surface area contributed by atoms with Gasteiger partial charge in [0.05, 0.1) is 11.5 Å². The van der Waals surface area contributed by atoms with Gasteiger partial charge < -0.3 is 9.64 Å². The fourth-order valence-electron chi connectivity index (χ4n) is 4.91. The Hall–Kier alpha value is -0.410. The van der Waals surface area contributed by atoms with Crippen LogP contribution < -0.4 is 0 Å². The maximum absolute atomic E-state index is 12.6. The van der Waals surface area contributed by atoms with Crippen molar-refractivity contribution in [1.29, 1.82) is 0 Å². The van der Waals surface area contributed by atoms with Crippen molar-refractivity contribution in [2.45, 2.75) is 77.4 Å². The molecule has 0 aromatic rings. The largest absolute Gasteiger partial charge is 0.361 e. The molecule has 1 atom stereocenters. The van der Waals surface area contributed by atoms with Crippen LogP contribution in [0.5, 0.6) is 0 Å². The van der Waals surface area contributed by atoms with Crippen molar-refractivity contribution >= 4 is 5.78 Å². The highest BCUT2D eigenvalue weighted by Crippen LogP contribution is 2.47. The summed E-state index contributed by atoms with van der Waals surface area (Å²) in [6.07, 6.45) is 8.39. The van der Waals surface area contributed by atoms with Crippen LogP contribution in [0.1, 0.15) is 66.2 Å². The van der Waals surface area contributed by atoms with Crippen LogP contribution in [-0.2, 0) is 9.53 Å². The Balaban J connectivity index is 1.61. The molecule has 2 saturated heterocycles. The van der Waals surface area contributed by atoms with E-state index in [9.17, 15) is 4.79 Å². The van der Waals surface area contributed by atoms with Gasteiger partial charge in [-0.1, -0.05) is 12.8 Å². The molecule has 21 heavy (non-hydrogen) atoms. The lowest BCUT2D eigenvalue weighted by Crippen LogP contribution is -2.46. The van der Waals surface area contributed by atoms with Crippen LogP contribution in [-0.4, -0.2) is 41.5 Å². The molecule has 0 radical (unpaired) electrons. The monoisotopic (exact) mass is 293 g/mol. The van der Waals surface area contributed by atoms with E-state index in [0.717, 1.165) is 6.54 Å². The van der Waals surface area contributed by atoms with Gasteiger partial charge in [0.1, 0.15) is 5.60 Å². The third-order valence-electron chi connectivity index (χ3n) is 6.29. The van der Waals surface area contributed by atoms with E-state index in [0.29, 0.717) is 5.41 Å². The highest BCUT2D eigenvalue weighted by atomic mass is 16.5. The maximum Gasteiger partial charge on any atom is 0.171 e. The summed E-state index contributed by atoms with van der Waals surface area (Å²) in [7, 11) is 0.